The Morgan fingerprint density at radius 3 is 3.35 bits per heavy atom. The molecule has 0 amide bonds. The molecule has 1 unspecified atom stereocenters. The number of H-pyrrole nitrogens is 1. The Labute approximate surface area is 99.1 Å². The van der Waals surface area contributed by atoms with Gasteiger partial charge in [0.05, 0.1) is 0 Å². The minimum Gasteiger partial charge on any atom is -0.353 e. The van der Waals surface area contributed by atoms with E-state index in [4.69, 9.17) is 9.47 Å². The lowest BCUT2D eigenvalue weighted by molar-refractivity contribution is -0.105. The summed E-state index contributed by atoms with van der Waals surface area (Å²) in [6, 6.07) is 5.96. The minimum atomic E-state index is -0.0586. The maximum absolute atomic E-state index is 5.52. The summed E-state index contributed by atoms with van der Waals surface area (Å²) < 4.78 is 10.9. The summed E-state index contributed by atoms with van der Waals surface area (Å²) in [6.45, 7) is 1.22. The Hall–Kier alpha value is -1.59. The first-order valence-corrected chi connectivity index (χ1v) is 5.83. The molecule has 1 aliphatic heterocycles. The number of pyridine rings is 1. The van der Waals surface area contributed by atoms with Gasteiger partial charge in [-0.3, -0.25) is 0 Å². The fraction of sp³-hybridized carbons (Fsp3) is 0.417. The third kappa shape index (κ3) is 2.40. The van der Waals surface area contributed by atoms with Gasteiger partial charge >= 0.3 is 0 Å². The normalized spacial score (nSPS) is 19.9. The van der Waals surface area contributed by atoms with Gasteiger partial charge in [0.25, 0.3) is 0 Å². The molecule has 2 aromatic heterocycles. The van der Waals surface area contributed by atoms with Gasteiger partial charge in [0.2, 0.25) is 0 Å². The van der Waals surface area contributed by atoms with E-state index in [1.165, 1.54) is 0 Å². The van der Waals surface area contributed by atoms with E-state index in [1.54, 1.807) is 0 Å². The molecule has 5 heteroatoms. The summed E-state index contributed by atoms with van der Waals surface area (Å²) in [4.78, 5) is 7.49. The van der Waals surface area contributed by atoms with Gasteiger partial charge in [0, 0.05) is 24.6 Å². The highest BCUT2D eigenvalue weighted by Crippen LogP contribution is 2.15. The van der Waals surface area contributed by atoms with Crippen LogP contribution in [-0.4, -0.2) is 29.6 Å². The zero-order chi connectivity index (χ0) is 11.5. The number of ether oxygens (including phenoxy) is 2. The summed E-state index contributed by atoms with van der Waals surface area (Å²) in [5.74, 6) is 0.804. The zero-order valence-electron chi connectivity index (χ0n) is 9.48. The summed E-state index contributed by atoms with van der Waals surface area (Å²) in [6.07, 6.45) is 3.88. The summed E-state index contributed by atoms with van der Waals surface area (Å²) >= 11 is 0. The predicted octanol–water partition coefficient (Wildman–Crippen LogP) is 2.09. The van der Waals surface area contributed by atoms with E-state index in [0.717, 1.165) is 36.3 Å². The van der Waals surface area contributed by atoms with Crippen LogP contribution in [0.3, 0.4) is 0 Å². The van der Waals surface area contributed by atoms with Gasteiger partial charge in [-0.15, -0.1) is 0 Å². The van der Waals surface area contributed by atoms with Crippen molar-refractivity contribution in [1.29, 1.82) is 0 Å². The Balaban J connectivity index is 1.56. The van der Waals surface area contributed by atoms with Crippen LogP contribution in [0, 0.1) is 0 Å². The van der Waals surface area contributed by atoms with E-state index in [1.807, 2.05) is 24.4 Å². The van der Waals surface area contributed by atoms with Crippen LogP contribution in [0.2, 0.25) is 0 Å². The van der Waals surface area contributed by atoms with E-state index >= 15 is 0 Å². The molecule has 3 heterocycles. The smallest absolute Gasteiger partial charge is 0.159 e. The molecule has 1 atom stereocenters. The zero-order valence-corrected chi connectivity index (χ0v) is 9.48. The second-order valence-electron chi connectivity index (χ2n) is 4.04. The lowest BCUT2D eigenvalue weighted by atomic mass is 10.3. The molecule has 0 bridgehead atoms. The van der Waals surface area contributed by atoms with Crippen molar-refractivity contribution in [3.05, 3.63) is 24.4 Å². The van der Waals surface area contributed by atoms with Crippen LogP contribution < -0.4 is 5.32 Å². The summed E-state index contributed by atoms with van der Waals surface area (Å²) in [5, 5.41) is 4.23. The van der Waals surface area contributed by atoms with E-state index in [9.17, 15) is 0 Å². The number of aromatic nitrogens is 2. The lowest BCUT2D eigenvalue weighted by Crippen LogP contribution is -2.16. The molecule has 1 aliphatic rings. The van der Waals surface area contributed by atoms with Crippen molar-refractivity contribution in [2.75, 3.05) is 18.7 Å². The fourth-order valence-corrected chi connectivity index (χ4v) is 1.92. The number of rotatable bonds is 4. The SMILES string of the molecule is c1cc2ccc(NCOC3CCCO3)nc2[nH]1. The molecule has 1 fully saturated rings. The Bertz CT molecular complexity index is 491. The predicted molar refractivity (Wildman–Crippen MR) is 64.6 cm³/mol. The Morgan fingerprint density at radius 1 is 1.47 bits per heavy atom. The molecule has 2 aromatic rings. The molecule has 1 saturated heterocycles. The van der Waals surface area contributed by atoms with Crippen molar-refractivity contribution in [2.45, 2.75) is 19.1 Å². The van der Waals surface area contributed by atoms with Crippen LogP contribution in [0.1, 0.15) is 12.8 Å². The molecule has 0 aromatic carbocycles. The van der Waals surface area contributed by atoms with Crippen LogP contribution in [0.25, 0.3) is 11.0 Å². The van der Waals surface area contributed by atoms with E-state index in [-0.39, 0.29) is 6.29 Å². The number of nitrogens with zero attached hydrogens (tertiary/aromatic N) is 1. The summed E-state index contributed by atoms with van der Waals surface area (Å²) in [7, 11) is 0. The van der Waals surface area contributed by atoms with Gasteiger partial charge in [0.15, 0.2) is 6.29 Å². The molecule has 0 spiro atoms. The molecule has 0 radical (unpaired) electrons. The third-order valence-corrected chi connectivity index (χ3v) is 2.82. The van der Waals surface area contributed by atoms with Crippen molar-refractivity contribution in [2.24, 2.45) is 0 Å². The number of hydrogen-bond donors (Lipinski definition) is 2. The van der Waals surface area contributed by atoms with E-state index < -0.39 is 0 Å². The highest BCUT2D eigenvalue weighted by atomic mass is 16.7. The van der Waals surface area contributed by atoms with Crippen molar-refractivity contribution < 1.29 is 9.47 Å². The average Bonchev–Trinajstić information content (AvgIpc) is 2.98. The number of fused-ring (bicyclic) bond motifs is 1. The van der Waals surface area contributed by atoms with Crippen molar-refractivity contribution in [3.63, 3.8) is 0 Å². The van der Waals surface area contributed by atoms with Crippen LogP contribution in [-0.2, 0) is 9.47 Å². The quantitative estimate of drug-likeness (QED) is 0.794. The monoisotopic (exact) mass is 233 g/mol. The number of nitrogens with one attached hydrogen (secondary N) is 2. The molecular weight excluding hydrogens is 218 g/mol. The maximum atomic E-state index is 5.52. The molecule has 5 nitrogen and oxygen atoms in total. The van der Waals surface area contributed by atoms with Gasteiger partial charge in [-0.25, -0.2) is 4.98 Å². The molecule has 90 valence electrons. The number of hydrogen-bond acceptors (Lipinski definition) is 4. The van der Waals surface area contributed by atoms with Gasteiger partial charge in [-0.1, -0.05) is 0 Å². The van der Waals surface area contributed by atoms with Gasteiger partial charge in [-0.2, -0.15) is 0 Å². The number of aromatic amines is 1. The Kier molecular flexibility index (Phi) is 2.94. The maximum Gasteiger partial charge on any atom is 0.159 e. The molecule has 17 heavy (non-hydrogen) atoms. The van der Waals surface area contributed by atoms with Crippen LogP contribution in [0.15, 0.2) is 24.4 Å². The third-order valence-electron chi connectivity index (χ3n) is 2.82. The first-order chi connectivity index (χ1) is 8.42. The molecular formula is C12H15N3O2. The largest absolute Gasteiger partial charge is 0.353 e. The van der Waals surface area contributed by atoms with Crippen LogP contribution >= 0.6 is 0 Å². The lowest BCUT2D eigenvalue weighted by Gasteiger charge is -2.11. The topological polar surface area (TPSA) is 59.2 Å². The first kappa shape index (κ1) is 10.6. The minimum absolute atomic E-state index is 0.0586. The summed E-state index contributed by atoms with van der Waals surface area (Å²) in [5.41, 5.74) is 0.882. The van der Waals surface area contributed by atoms with E-state index in [2.05, 4.69) is 15.3 Å². The van der Waals surface area contributed by atoms with Crippen molar-refractivity contribution >= 4 is 16.9 Å². The second-order valence-corrected chi connectivity index (χ2v) is 4.04. The average molecular weight is 233 g/mol. The fourth-order valence-electron chi connectivity index (χ4n) is 1.92. The van der Waals surface area contributed by atoms with Crippen LogP contribution in [0.5, 0.6) is 0 Å². The highest BCUT2D eigenvalue weighted by molar-refractivity contribution is 5.77. The van der Waals surface area contributed by atoms with Crippen molar-refractivity contribution in [1.82, 2.24) is 9.97 Å². The van der Waals surface area contributed by atoms with E-state index in [0.29, 0.717) is 6.73 Å². The van der Waals surface area contributed by atoms with Gasteiger partial charge < -0.3 is 19.8 Å². The van der Waals surface area contributed by atoms with Crippen molar-refractivity contribution in [3.8, 4) is 0 Å². The second kappa shape index (κ2) is 4.73. The number of anilines is 1. The van der Waals surface area contributed by atoms with Gasteiger partial charge in [0.1, 0.15) is 18.2 Å². The first-order valence-electron chi connectivity index (χ1n) is 5.83. The highest BCUT2D eigenvalue weighted by Gasteiger charge is 2.15. The Morgan fingerprint density at radius 2 is 2.47 bits per heavy atom. The van der Waals surface area contributed by atoms with Gasteiger partial charge in [-0.05, 0) is 24.6 Å². The molecule has 2 N–H and O–H groups in total. The standard InChI is InChI=1S/C12H15N3O2/c1-2-11(16-7-1)17-8-14-10-4-3-9-5-6-13-12(9)15-10/h3-6,11H,1-2,7-8H2,(H2,13,14,15). The molecule has 0 saturated carbocycles. The molecule has 0 aliphatic carbocycles. The van der Waals surface area contributed by atoms with Crippen LogP contribution in [0.4, 0.5) is 5.82 Å². The molecule has 3 rings (SSSR count).